The Balaban J connectivity index is 2.91. The van der Waals surface area contributed by atoms with Crippen molar-refractivity contribution in [3.8, 4) is 0 Å². The number of ether oxygens (including phenoxy) is 1. The largest absolute Gasteiger partial charge is 0.468 e. The molecule has 1 aromatic rings. The minimum atomic E-state index is -0.333. The molecule has 0 aromatic heterocycles. The van der Waals surface area contributed by atoms with Crippen molar-refractivity contribution in [3.05, 3.63) is 29.8 Å². The van der Waals surface area contributed by atoms with Crippen molar-refractivity contribution >= 4 is 17.7 Å². The van der Waals surface area contributed by atoms with Gasteiger partial charge in [-0.05, 0) is 37.5 Å². The normalized spacial score (nSPS) is 12.5. The van der Waals surface area contributed by atoms with Crippen LogP contribution >= 0.6 is 11.8 Å². The standard InChI is InChI=1S/C13H19NO2S/c1-5-17-11-8-6-10(7-9-11)12(14(2)3)13(15)16-4/h6-9,12H,5H2,1-4H3. The van der Waals surface area contributed by atoms with Gasteiger partial charge in [-0.1, -0.05) is 19.1 Å². The third kappa shape index (κ3) is 3.75. The molecule has 0 aliphatic rings. The zero-order valence-electron chi connectivity index (χ0n) is 10.8. The maximum absolute atomic E-state index is 11.7. The fraction of sp³-hybridized carbons (Fsp3) is 0.462. The molecule has 1 aromatic carbocycles. The fourth-order valence-electron chi connectivity index (χ4n) is 1.67. The molecule has 0 N–H and O–H groups in total. The predicted molar refractivity (Wildman–Crippen MR) is 71.3 cm³/mol. The fourth-order valence-corrected chi connectivity index (χ4v) is 2.33. The van der Waals surface area contributed by atoms with E-state index in [1.165, 1.54) is 12.0 Å². The lowest BCUT2D eigenvalue weighted by atomic mass is 10.1. The second-order valence-electron chi connectivity index (χ2n) is 3.89. The first-order valence-corrected chi connectivity index (χ1v) is 6.55. The SMILES string of the molecule is CCSc1ccc(C(C(=O)OC)N(C)C)cc1. The number of methoxy groups -OCH3 is 1. The van der Waals surface area contributed by atoms with Gasteiger partial charge in [0.05, 0.1) is 7.11 Å². The first kappa shape index (κ1) is 14.1. The summed E-state index contributed by atoms with van der Waals surface area (Å²) in [6.45, 7) is 2.12. The predicted octanol–water partition coefficient (Wildman–Crippen LogP) is 2.57. The van der Waals surface area contributed by atoms with Crippen LogP contribution in [0, 0.1) is 0 Å². The van der Waals surface area contributed by atoms with E-state index in [4.69, 9.17) is 4.74 Å². The summed E-state index contributed by atoms with van der Waals surface area (Å²) in [6, 6.07) is 7.73. The van der Waals surface area contributed by atoms with Gasteiger partial charge in [-0.25, -0.2) is 4.79 Å². The average Bonchev–Trinajstić information content (AvgIpc) is 2.31. The highest BCUT2D eigenvalue weighted by atomic mass is 32.2. The minimum Gasteiger partial charge on any atom is -0.468 e. The summed E-state index contributed by atoms with van der Waals surface area (Å²) in [4.78, 5) is 14.8. The van der Waals surface area contributed by atoms with Crippen molar-refractivity contribution in [2.75, 3.05) is 27.0 Å². The zero-order valence-corrected chi connectivity index (χ0v) is 11.6. The van der Waals surface area contributed by atoms with E-state index in [0.29, 0.717) is 0 Å². The Morgan fingerprint density at radius 1 is 1.35 bits per heavy atom. The average molecular weight is 253 g/mol. The van der Waals surface area contributed by atoms with E-state index in [1.54, 1.807) is 11.8 Å². The summed E-state index contributed by atoms with van der Waals surface area (Å²) in [7, 11) is 5.16. The monoisotopic (exact) mass is 253 g/mol. The molecule has 94 valence electrons. The first-order chi connectivity index (χ1) is 8.10. The molecule has 0 fully saturated rings. The number of hydrogen-bond acceptors (Lipinski definition) is 4. The summed E-state index contributed by atoms with van der Waals surface area (Å²) in [5.74, 6) is 0.818. The third-order valence-electron chi connectivity index (χ3n) is 2.45. The molecule has 1 unspecified atom stereocenters. The van der Waals surface area contributed by atoms with E-state index >= 15 is 0 Å². The molecule has 17 heavy (non-hydrogen) atoms. The first-order valence-electron chi connectivity index (χ1n) is 5.57. The van der Waals surface area contributed by atoms with Gasteiger partial charge in [-0.15, -0.1) is 11.8 Å². The summed E-state index contributed by atoms with van der Waals surface area (Å²) in [6.07, 6.45) is 0. The van der Waals surface area contributed by atoms with Gasteiger partial charge < -0.3 is 4.74 Å². The van der Waals surface area contributed by atoms with Crippen LogP contribution in [0.1, 0.15) is 18.5 Å². The van der Waals surface area contributed by atoms with Crippen LogP contribution in [0.15, 0.2) is 29.2 Å². The summed E-state index contributed by atoms with van der Waals surface area (Å²) in [5.41, 5.74) is 0.960. The molecular weight excluding hydrogens is 234 g/mol. The highest BCUT2D eigenvalue weighted by molar-refractivity contribution is 7.99. The molecule has 0 heterocycles. The zero-order chi connectivity index (χ0) is 12.8. The Labute approximate surface area is 107 Å². The number of likely N-dealkylation sites (N-methyl/N-ethyl adjacent to an activating group) is 1. The van der Waals surface area contributed by atoms with Crippen LogP contribution in [0.5, 0.6) is 0 Å². The maximum Gasteiger partial charge on any atom is 0.327 e. The molecule has 0 saturated heterocycles. The third-order valence-corrected chi connectivity index (χ3v) is 3.34. The molecule has 0 bridgehead atoms. The number of hydrogen-bond donors (Lipinski definition) is 0. The minimum absolute atomic E-state index is 0.231. The van der Waals surface area contributed by atoms with E-state index in [9.17, 15) is 4.79 Å². The molecule has 0 amide bonds. The topological polar surface area (TPSA) is 29.5 Å². The van der Waals surface area contributed by atoms with Crippen LogP contribution < -0.4 is 0 Å². The van der Waals surface area contributed by atoms with Crippen molar-refractivity contribution in [1.29, 1.82) is 0 Å². The van der Waals surface area contributed by atoms with Gasteiger partial charge in [-0.3, -0.25) is 4.90 Å². The van der Waals surface area contributed by atoms with Gasteiger partial charge in [0.25, 0.3) is 0 Å². The van der Waals surface area contributed by atoms with Crippen molar-refractivity contribution in [1.82, 2.24) is 4.90 Å². The summed E-state index contributed by atoms with van der Waals surface area (Å²) in [5, 5.41) is 0. The number of thioether (sulfide) groups is 1. The number of esters is 1. The molecule has 0 saturated carbocycles. The molecule has 4 heteroatoms. The van der Waals surface area contributed by atoms with Gasteiger partial charge in [-0.2, -0.15) is 0 Å². The molecule has 0 aliphatic heterocycles. The molecular formula is C13H19NO2S. The lowest BCUT2D eigenvalue weighted by molar-refractivity contribution is -0.146. The van der Waals surface area contributed by atoms with E-state index in [1.807, 2.05) is 43.3 Å². The van der Waals surface area contributed by atoms with Gasteiger partial charge in [0.1, 0.15) is 6.04 Å². The smallest absolute Gasteiger partial charge is 0.327 e. The molecule has 3 nitrogen and oxygen atoms in total. The number of carbonyl (C=O) groups excluding carboxylic acids is 1. The molecule has 1 atom stereocenters. The molecule has 0 radical (unpaired) electrons. The van der Waals surface area contributed by atoms with Crippen molar-refractivity contribution in [3.63, 3.8) is 0 Å². The Kier molecular flexibility index (Phi) is 5.51. The van der Waals surface area contributed by atoms with E-state index in [0.717, 1.165) is 11.3 Å². The molecule has 1 rings (SSSR count). The summed E-state index contributed by atoms with van der Waals surface area (Å²) >= 11 is 1.79. The van der Waals surface area contributed by atoms with Crippen molar-refractivity contribution < 1.29 is 9.53 Å². The lowest BCUT2D eigenvalue weighted by Gasteiger charge is -2.22. The quantitative estimate of drug-likeness (QED) is 0.596. The number of carbonyl (C=O) groups is 1. The van der Waals surface area contributed by atoms with Crippen LogP contribution in [0.4, 0.5) is 0 Å². The second-order valence-corrected chi connectivity index (χ2v) is 5.23. The Hall–Kier alpha value is -1.00. The number of benzene rings is 1. The van der Waals surface area contributed by atoms with E-state index in [2.05, 4.69) is 6.92 Å². The second kappa shape index (κ2) is 6.67. The van der Waals surface area contributed by atoms with Crippen LogP contribution in [-0.4, -0.2) is 37.8 Å². The Morgan fingerprint density at radius 2 is 1.94 bits per heavy atom. The highest BCUT2D eigenvalue weighted by Crippen LogP contribution is 2.23. The van der Waals surface area contributed by atoms with Crippen LogP contribution in [-0.2, 0) is 9.53 Å². The number of rotatable bonds is 5. The van der Waals surface area contributed by atoms with E-state index in [-0.39, 0.29) is 12.0 Å². The Bertz CT molecular complexity index is 362. The van der Waals surface area contributed by atoms with Crippen LogP contribution in [0.2, 0.25) is 0 Å². The highest BCUT2D eigenvalue weighted by Gasteiger charge is 2.23. The Morgan fingerprint density at radius 3 is 2.35 bits per heavy atom. The summed E-state index contributed by atoms with van der Waals surface area (Å²) < 4.78 is 4.82. The van der Waals surface area contributed by atoms with Gasteiger partial charge in [0.15, 0.2) is 0 Å². The number of nitrogens with zero attached hydrogens (tertiary/aromatic N) is 1. The van der Waals surface area contributed by atoms with Crippen molar-refractivity contribution in [2.45, 2.75) is 17.9 Å². The van der Waals surface area contributed by atoms with E-state index < -0.39 is 0 Å². The van der Waals surface area contributed by atoms with Gasteiger partial charge >= 0.3 is 5.97 Å². The molecule has 0 spiro atoms. The van der Waals surface area contributed by atoms with Gasteiger partial charge in [0.2, 0.25) is 0 Å². The van der Waals surface area contributed by atoms with Gasteiger partial charge in [0, 0.05) is 4.90 Å². The maximum atomic E-state index is 11.7. The van der Waals surface area contributed by atoms with Crippen LogP contribution in [0.3, 0.4) is 0 Å². The lowest BCUT2D eigenvalue weighted by Crippen LogP contribution is -2.28. The van der Waals surface area contributed by atoms with Crippen LogP contribution in [0.25, 0.3) is 0 Å². The van der Waals surface area contributed by atoms with Crippen molar-refractivity contribution in [2.24, 2.45) is 0 Å². The molecule has 0 aliphatic carbocycles.